The van der Waals surface area contributed by atoms with Gasteiger partial charge in [0.05, 0.1) is 29.6 Å². The van der Waals surface area contributed by atoms with Gasteiger partial charge in [-0.05, 0) is 38.1 Å². The number of rotatable bonds is 8. The molecule has 40 heavy (non-hydrogen) atoms. The maximum Gasteiger partial charge on any atom is 0.316 e. The van der Waals surface area contributed by atoms with Crippen molar-refractivity contribution in [3.8, 4) is 0 Å². The Morgan fingerprint density at radius 3 is 1.57 bits per heavy atom. The molecule has 0 aliphatic carbocycles. The third kappa shape index (κ3) is 14.1. The zero-order valence-electron chi connectivity index (χ0n) is 22.4. The monoisotopic (exact) mass is 574 g/mol. The standard InChI is InChI=1S/C18H20O9.C4H13N3.C3H9N.2CH4/c1-8-4-10(16(22)26-14(8)20)6-12-7-11(17(23)27-18(12)24)5-9-2-3-13(19)25-15(9)21;5-1-3-7-4-2-6;1-3(2)4;;/h8-12H,2-7H2,1H3;7H,1-6H2;3H,4H2,1-2H3;2*1H4. The third-order valence-electron chi connectivity index (χ3n) is 6.04. The van der Waals surface area contributed by atoms with Gasteiger partial charge in [-0.2, -0.15) is 0 Å². The second kappa shape index (κ2) is 20.2. The minimum Gasteiger partial charge on any atom is -0.393 e. The van der Waals surface area contributed by atoms with Gasteiger partial charge in [0.1, 0.15) is 0 Å². The maximum atomic E-state index is 12.1. The molecule has 0 aromatic rings. The third-order valence-corrected chi connectivity index (χ3v) is 6.04. The van der Waals surface area contributed by atoms with Crippen molar-refractivity contribution in [2.75, 3.05) is 26.2 Å². The lowest BCUT2D eigenvalue weighted by Gasteiger charge is -2.32. The molecule has 13 nitrogen and oxygen atoms in total. The molecule has 0 radical (unpaired) electrons. The Morgan fingerprint density at radius 2 is 1.12 bits per heavy atom. The molecule has 0 amide bonds. The SMILES string of the molecule is C.C.CC(C)N.CC1CC(CC2CC(CC3CCC(=O)OC3=O)C(=O)OC2=O)C(=O)OC1=O.NCCNCCN. The van der Waals surface area contributed by atoms with E-state index >= 15 is 0 Å². The lowest BCUT2D eigenvalue weighted by molar-refractivity contribution is -0.175. The first kappa shape index (κ1) is 39.4. The molecule has 5 unspecified atom stereocenters. The maximum absolute atomic E-state index is 12.1. The van der Waals surface area contributed by atoms with Gasteiger partial charge in [-0.25, -0.2) is 0 Å². The molecule has 3 rings (SSSR count). The second-order valence-corrected chi connectivity index (χ2v) is 10.0. The number of carbonyl (C=O) groups is 6. The fourth-order valence-corrected chi connectivity index (χ4v) is 4.17. The van der Waals surface area contributed by atoms with Gasteiger partial charge < -0.3 is 36.7 Å². The van der Waals surface area contributed by atoms with Gasteiger partial charge in [-0.15, -0.1) is 0 Å². The lowest BCUT2D eigenvalue weighted by Crippen LogP contribution is -2.41. The van der Waals surface area contributed by atoms with Crippen LogP contribution >= 0.6 is 0 Å². The molecular formula is C27H50N4O9. The molecule has 7 N–H and O–H groups in total. The molecule has 3 fully saturated rings. The van der Waals surface area contributed by atoms with Crippen LogP contribution in [0.15, 0.2) is 0 Å². The van der Waals surface area contributed by atoms with Crippen LogP contribution in [0.5, 0.6) is 0 Å². The summed E-state index contributed by atoms with van der Waals surface area (Å²) in [6.45, 7) is 8.66. The van der Waals surface area contributed by atoms with Gasteiger partial charge in [0.25, 0.3) is 0 Å². The smallest absolute Gasteiger partial charge is 0.316 e. The molecule has 0 spiro atoms. The molecule has 232 valence electrons. The van der Waals surface area contributed by atoms with Crippen molar-refractivity contribution in [3.05, 3.63) is 0 Å². The van der Waals surface area contributed by atoms with Crippen LogP contribution in [0.4, 0.5) is 0 Å². The minimum atomic E-state index is -0.713. The zero-order valence-corrected chi connectivity index (χ0v) is 22.4. The summed E-state index contributed by atoms with van der Waals surface area (Å²) in [6, 6.07) is 0.333. The van der Waals surface area contributed by atoms with Crippen LogP contribution < -0.4 is 22.5 Å². The number of cyclic esters (lactones) is 6. The summed E-state index contributed by atoms with van der Waals surface area (Å²) in [5.41, 5.74) is 15.4. The predicted molar refractivity (Wildman–Crippen MR) is 148 cm³/mol. The number of esters is 6. The van der Waals surface area contributed by atoms with E-state index in [4.69, 9.17) is 26.7 Å². The largest absolute Gasteiger partial charge is 0.393 e. The summed E-state index contributed by atoms with van der Waals surface area (Å²) < 4.78 is 14.1. The van der Waals surface area contributed by atoms with Gasteiger partial charge in [-0.1, -0.05) is 35.6 Å². The van der Waals surface area contributed by atoms with E-state index in [0.29, 0.717) is 19.1 Å². The molecule has 3 aliphatic heterocycles. The average Bonchev–Trinajstić information content (AvgIpc) is 2.82. The van der Waals surface area contributed by atoms with Crippen LogP contribution in [0.25, 0.3) is 0 Å². The number of nitrogens with two attached hydrogens (primary N) is 3. The van der Waals surface area contributed by atoms with E-state index in [1.807, 2.05) is 13.8 Å². The Bertz CT molecular complexity index is 843. The summed E-state index contributed by atoms with van der Waals surface area (Å²) in [5.74, 6) is -7.01. The highest BCUT2D eigenvalue weighted by molar-refractivity contribution is 5.93. The molecular weight excluding hydrogens is 524 g/mol. The van der Waals surface area contributed by atoms with Crippen LogP contribution in [0, 0.1) is 29.6 Å². The van der Waals surface area contributed by atoms with Crippen molar-refractivity contribution in [1.82, 2.24) is 5.32 Å². The zero-order chi connectivity index (χ0) is 28.8. The normalized spacial score (nSPS) is 26.0. The summed E-state index contributed by atoms with van der Waals surface area (Å²) in [5, 5.41) is 3.03. The van der Waals surface area contributed by atoms with Crippen molar-refractivity contribution in [2.24, 2.45) is 46.8 Å². The van der Waals surface area contributed by atoms with E-state index < -0.39 is 65.4 Å². The predicted octanol–water partition coefficient (Wildman–Crippen LogP) is 0.797. The van der Waals surface area contributed by atoms with Crippen LogP contribution in [0.2, 0.25) is 0 Å². The van der Waals surface area contributed by atoms with Gasteiger partial charge in [0, 0.05) is 32.6 Å². The molecule has 0 saturated carbocycles. The van der Waals surface area contributed by atoms with E-state index in [0.717, 1.165) is 13.1 Å². The fourth-order valence-electron chi connectivity index (χ4n) is 4.17. The van der Waals surface area contributed by atoms with Crippen molar-refractivity contribution >= 4 is 35.8 Å². The Hall–Kier alpha value is -2.74. The summed E-state index contributed by atoms with van der Waals surface area (Å²) in [7, 11) is 0. The highest BCUT2D eigenvalue weighted by Gasteiger charge is 2.44. The highest BCUT2D eigenvalue weighted by atomic mass is 16.6. The van der Waals surface area contributed by atoms with E-state index in [9.17, 15) is 28.8 Å². The number of nitrogens with one attached hydrogen (secondary N) is 1. The van der Waals surface area contributed by atoms with E-state index in [2.05, 4.69) is 10.1 Å². The van der Waals surface area contributed by atoms with Gasteiger partial charge in [0.2, 0.25) is 0 Å². The quantitative estimate of drug-likeness (QED) is 0.136. The van der Waals surface area contributed by atoms with Crippen molar-refractivity contribution in [1.29, 1.82) is 0 Å². The second-order valence-electron chi connectivity index (χ2n) is 10.0. The van der Waals surface area contributed by atoms with E-state index in [1.165, 1.54) is 0 Å². The number of hydrogen-bond acceptors (Lipinski definition) is 13. The van der Waals surface area contributed by atoms with Crippen LogP contribution in [-0.2, 0) is 43.0 Å². The Labute approximate surface area is 237 Å². The first-order valence-corrected chi connectivity index (χ1v) is 13.0. The first-order chi connectivity index (χ1) is 17.9. The molecule has 5 atom stereocenters. The number of hydrogen-bond donors (Lipinski definition) is 4. The minimum absolute atomic E-state index is 0. The van der Waals surface area contributed by atoms with Crippen molar-refractivity contribution in [2.45, 2.75) is 80.2 Å². The van der Waals surface area contributed by atoms with Gasteiger partial charge in [-0.3, -0.25) is 28.8 Å². The summed E-state index contributed by atoms with van der Waals surface area (Å²) in [4.78, 5) is 70.4. The van der Waals surface area contributed by atoms with E-state index in [1.54, 1.807) is 6.92 Å². The molecule has 0 aromatic carbocycles. The van der Waals surface area contributed by atoms with Crippen LogP contribution in [0.3, 0.4) is 0 Å². The molecule has 3 aliphatic rings. The van der Waals surface area contributed by atoms with Crippen molar-refractivity contribution in [3.63, 3.8) is 0 Å². The Balaban J connectivity index is 0. The molecule has 0 aromatic heterocycles. The Kier molecular flexibility index (Phi) is 19.9. The lowest BCUT2D eigenvalue weighted by atomic mass is 9.78. The average molecular weight is 575 g/mol. The molecule has 3 heterocycles. The summed E-state index contributed by atoms with van der Waals surface area (Å²) >= 11 is 0. The molecule has 3 saturated heterocycles. The highest BCUT2D eigenvalue weighted by Crippen LogP contribution is 2.36. The summed E-state index contributed by atoms with van der Waals surface area (Å²) in [6.07, 6.45) is 1.04. The van der Waals surface area contributed by atoms with E-state index in [-0.39, 0.29) is 53.4 Å². The molecule has 0 bridgehead atoms. The number of ether oxygens (including phenoxy) is 3. The topological polar surface area (TPSA) is 220 Å². The molecule has 13 heteroatoms. The fraction of sp³-hybridized carbons (Fsp3) is 0.778. The van der Waals surface area contributed by atoms with Crippen molar-refractivity contribution < 1.29 is 43.0 Å². The van der Waals surface area contributed by atoms with Crippen LogP contribution in [-0.4, -0.2) is 68.0 Å². The van der Waals surface area contributed by atoms with Gasteiger partial charge >= 0.3 is 35.8 Å². The first-order valence-electron chi connectivity index (χ1n) is 13.0. The van der Waals surface area contributed by atoms with Crippen LogP contribution in [0.1, 0.15) is 74.1 Å². The van der Waals surface area contributed by atoms with Gasteiger partial charge in [0.15, 0.2) is 0 Å². The Morgan fingerprint density at radius 1 is 0.725 bits per heavy atom. The number of carbonyl (C=O) groups excluding carboxylic acids is 6.